The molecule has 0 spiro atoms. The first-order valence-electron chi connectivity index (χ1n) is 6.32. The van der Waals surface area contributed by atoms with Gasteiger partial charge in [-0.25, -0.2) is 9.97 Å². The maximum atomic E-state index is 5.79. The summed E-state index contributed by atoms with van der Waals surface area (Å²) in [6.07, 6.45) is 1.65. The average Bonchev–Trinajstić information content (AvgIpc) is 2.95. The molecule has 3 aromatic rings. The van der Waals surface area contributed by atoms with Crippen LogP contribution in [0.2, 0.25) is 0 Å². The molecule has 0 atom stereocenters. The molecule has 0 saturated carbocycles. The third-order valence-corrected chi connectivity index (χ3v) is 2.74. The van der Waals surface area contributed by atoms with Gasteiger partial charge in [-0.15, -0.1) is 0 Å². The van der Waals surface area contributed by atoms with Gasteiger partial charge in [-0.2, -0.15) is 4.98 Å². The molecular formula is C14H13N5O2. The first kappa shape index (κ1) is 13.0. The van der Waals surface area contributed by atoms with Crippen molar-refractivity contribution >= 4 is 5.69 Å². The second-order valence-electron chi connectivity index (χ2n) is 4.33. The maximum Gasteiger partial charge on any atom is 0.264 e. The minimum Gasteiger partial charge on any atom is -0.482 e. The number of aromatic nitrogens is 4. The van der Waals surface area contributed by atoms with Crippen molar-refractivity contribution in [2.75, 3.05) is 5.73 Å². The van der Waals surface area contributed by atoms with Gasteiger partial charge in [-0.05, 0) is 25.1 Å². The van der Waals surface area contributed by atoms with Crippen molar-refractivity contribution in [1.29, 1.82) is 0 Å². The Kier molecular flexibility index (Phi) is 3.46. The molecule has 106 valence electrons. The Balaban J connectivity index is 1.72. The molecule has 2 aromatic heterocycles. The fraction of sp³-hybridized carbons (Fsp3) is 0.143. The Morgan fingerprint density at radius 1 is 1.19 bits per heavy atom. The zero-order valence-electron chi connectivity index (χ0n) is 11.4. The number of aryl methyl sites for hydroxylation is 1. The van der Waals surface area contributed by atoms with Crippen LogP contribution in [0.15, 0.2) is 41.1 Å². The monoisotopic (exact) mass is 283 g/mol. The lowest BCUT2D eigenvalue weighted by Gasteiger charge is -2.05. The largest absolute Gasteiger partial charge is 0.482 e. The van der Waals surface area contributed by atoms with E-state index in [0.717, 1.165) is 0 Å². The second-order valence-corrected chi connectivity index (χ2v) is 4.33. The minimum absolute atomic E-state index is 0.144. The van der Waals surface area contributed by atoms with E-state index in [-0.39, 0.29) is 6.61 Å². The molecular weight excluding hydrogens is 270 g/mol. The van der Waals surface area contributed by atoms with E-state index in [0.29, 0.717) is 34.7 Å². The number of benzene rings is 1. The molecule has 2 heterocycles. The van der Waals surface area contributed by atoms with Crippen molar-refractivity contribution in [3.05, 3.63) is 48.2 Å². The highest BCUT2D eigenvalue weighted by molar-refractivity contribution is 5.51. The smallest absolute Gasteiger partial charge is 0.264 e. The number of nitrogens with zero attached hydrogens (tertiary/aromatic N) is 4. The summed E-state index contributed by atoms with van der Waals surface area (Å²) in [7, 11) is 0. The lowest BCUT2D eigenvalue weighted by molar-refractivity contribution is 0.244. The topological polar surface area (TPSA) is 100.0 Å². The minimum atomic E-state index is 0.144. The van der Waals surface area contributed by atoms with Gasteiger partial charge < -0.3 is 15.0 Å². The van der Waals surface area contributed by atoms with Crippen LogP contribution in [0.1, 0.15) is 11.7 Å². The predicted molar refractivity (Wildman–Crippen MR) is 75.2 cm³/mol. The Morgan fingerprint density at radius 2 is 2.05 bits per heavy atom. The Labute approximate surface area is 120 Å². The predicted octanol–water partition coefficient (Wildman–Crippen LogP) is 2.00. The molecule has 0 amide bonds. The van der Waals surface area contributed by atoms with E-state index in [1.807, 2.05) is 12.1 Å². The number of nitrogens with two attached hydrogens (primary N) is 1. The molecule has 2 N–H and O–H groups in total. The van der Waals surface area contributed by atoms with Crippen LogP contribution >= 0.6 is 0 Å². The number of anilines is 1. The second kappa shape index (κ2) is 5.58. The number of nitrogen functional groups attached to an aromatic ring is 1. The molecule has 0 fully saturated rings. The number of hydrogen-bond acceptors (Lipinski definition) is 7. The number of rotatable bonds is 4. The van der Waals surface area contributed by atoms with E-state index in [4.69, 9.17) is 15.0 Å². The van der Waals surface area contributed by atoms with E-state index >= 15 is 0 Å². The van der Waals surface area contributed by atoms with E-state index < -0.39 is 0 Å². The van der Waals surface area contributed by atoms with Crippen LogP contribution in [0.25, 0.3) is 11.5 Å². The summed E-state index contributed by atoms with van der Waals surface area (Å²) < 4.78 is 10.7. The van der Waals surface area contributed by atoms with Gasteiger partial charge in [0.1, 0.15) is 17.3 Å². The lowest BCUT2D eigenvalue weighted by Crippen LogP contribution is -1.99. The van der Waals surface area contributed by atoms with Crippen molar-refractivity contribution in [1.82, 2.24) is 20.1 Å². The van der Waals surface area contributed by atoms with Crippen molar-refractivity contribution in [2.24, 2.45) is 0 Å². The van der Waals surface area contributed by atoms with E-state index in [9.17, 15) is 0 Å². The van der Waals surface area contributed by atoms with Crippen LogP contribution in [-0.4, -0.2) is 20.1 Å². The Bertz CT molecular complexity index is 756. The molecule has 0 aliphatic rings. The van der Waals surface area contributed by atoms with Gasteiger partial charge >= 0.3 is 0 Å². The molecule has 0 aliphatic carbocycles. The van der Waals surface area contributed by atoms with Crippen LogP contribution in [0.4, 0.5) is 5.69 Å². The van der Waals surface area contributed by atoms with Gasteiger partial charge in [-0.1, -0.05) is 17.3 Å². The van der Waals surface area contributed by atoms with Crippen molar-refractivity contribution < 1.29 is 9.26 Å². The molecule has 0 radical (unpaired) electrons. The molecule has 7 heteroatoms. The van der Waals surface area contributed by atoms with Gasteiger partial charge in [0.2, 0.25) is 5.82 Å². The van der Waals surface area contributed by atoms with E-state index in [2.05, 4.69) is 20.1 Å². The Hall–Kier alpha value is -2.96. The summed E-state index contributed by atoms with van der Waals surface area (Å²) in [5.74, 6) is 1.98. The molecule has 1 aromatic carbocycles. The van der Waals surface area contributed by atoms with Crippen LogP contribution in [0, 0.1) is 6.92 Å². The van der Waals surface area contributed by atoms with Gasteiger partial charge in [0, 0.05) is 6.20 Å². The zero-order valence-corrected chi connectivity index (χ0v) is 11.4. The summed E-state index contributed by atoms with van der Waals surface area (Å²) in [5.41, 5.74) is 6.96. The molecule has 21 heavy (non-hydrogen) atoms. The highest BCUT2D eigenvalue weighted by Gasteiger charge is 2.11. The Morgan fingerprint density at radius 3 is 2.86 bits per heavy atom. The van der Waals surface area contributed by atoms with Gasteiger partial charge in [0.15, 0.2) is 6.61 Å². The normalized spacial score (nSPS) is 10.5. The van der Waals surface area contributed by atoms with Crippen LogP contribution in [0.5, 0.6) is 5.75 Å². The summed E-state index contributed by atoms with van der Waals surface area (Å²) >= 11 is 0. The van der Waals surface area contributed by atoms with Gasteiger partial charge in [0.25, 0.3) is 5.89 Å². The third kappa shape index (κ3) is 2.97. The maximum absolute atomic E-state index is 5.79. The first-order chi connectivity index (χ1) is 10.2. The zero-order chi connectivity index (χ0) is 14.7. The standard InChI is InChI=1S/C14H13N5O2/c1-9-16-7-6-11(17-9)14-18-13(21-19-14)8-20-12-5-3-2-4-10(12)15/h2-7H,8,15H2,1H3. The molecule has 3 rings (SSSR count). The van der Waals surface area contributed by atoms with Gasteiger partial charge in [-0.3, -0.25) is 0 Å². The summed E-state index contributed by atoms with van der Waals surface area (Å²) in [4.78, 5) is 12.5. The summed E-state index contributed by atoms with van der Waals surface area (Å²) in [6, 6.07) is 8.94. The van der Waals surface area contributed by atoms with Crippen LogP contribution < -0.4 is 10.5 Å². The molecule has 7 nitrogen and oxygen atoms in total. The fourth-order valence-electron chi connectivity index (χ4n) is 1.75. The van der Waals surface area contributed by atoms with E-state index in [1.165, 1.54) is 0 Å². The van der Waals surface area contributed by atoms with E-state index in [1.54, 1.807) is 31.3 Å². The van der Waals surface area contributed by atoms with Gasteiger partial charge in [0.05, 0.1) is 5.69 Å². The van der Waals surface area contributed by atoms with Crippen LogP contribution in [-0.2, 0) is 6.61 Å². The first-order valence-corrected chi connectivity index (χ1v) is 6.32. The quantitative estimate of drug-likeness (QED) is 0.731. The molecule has 0 saturated heterocycles. The number of hydrogen-bond donors (Lipinski definition) is 1. The summed E-state index contributed by atoms with van der Waals surface area (Å²) in [6.45, 7) is 1.94. The molecule has 0 unspecified atom stereocenters. The lowest BCUT2D eigenvalue weighted by atomic mass is 10.3. The van der Waals surface area contributed by atoms with Crippen molar-refractivity contribution in [3.63, 3.8) is 0 Å². The highest BCUT2D eigenvalue weighted by Crippen LogP contribution is 2.21. The average molecular weight is 283 g/mol. The number of ether oxygens (including phenoxy) is 1. The fourth-order valence-corrected chi connectivity index (χ4v) is 1.75. The number of para-hydroxylation sites is 2. The summed E-state index contributed by atoms with van der Waals surface area (Å²) in [5, 5.41) is 3.87. The third-order valence-electron chi connectivity index (χ3n) is 2.74. The highest BCUT2D eigenvalue weighted by atomic mass is 16.5. The molecule has 0 bridgehead atoms. The van der Waals surface area contributed by atoms with Crippen LogP contribution in [0.3, 0.4) is 0 Å². The van der Waals surface area contributed by atoms with Crippen molar-refractivity contribution in [3.8, 4) is 17.3 Å². The van der Waals surface area contributed by atoms with Crippen molar-refractivity contribution in [2.45, 2.75) is 13.5 Å². The SMILES string of the molecule is Cc1nccc(-c2noc(COc3ccccc3N)n2)n1. The molecule has 0 aliphatic heterocycles.